The predicted molar refractivity (Wildman–Crippen MR) is 96.6 cm³/mol. The molecule has 0 radical (unpaired) electrons. The van der Waals surface area contributed by atoms with E-state index in [0.717, 1.165) is 17.8 Å². The Morgan fingerprint density at radius 2 is 2.08 bits per heavy atom. The molecule has 0 fully saturated rings. The summed E-state index contributed by atoms with van der Waals surface area (Å²) in [5.41, 5.74) is 2.56. The standard InChI is InChI=1S/C18H15N5OS/c24-18(21-9-6-13-4-3-11-25-13)14-12-22-23-16(7-10-20-17(14)23)15-5-1-2-8-19-15/h1-5,7-8,10-12H,6,9H2,(H,21,24). The van der Waals surface area contributed by atoms with Crippen molar-refractivity contribution >= 4 is 22.9 Å². The molecular formula is C18H15N5OS. The highest BCUT2D eigenvalue weighted by Crippen LogP contribution is 2.18. The van der Waals surface area contributed by atoms with Gasteiger partial charge in [0, 0.05) is 23.8 Å². The summed E-state index contributed by atoms with van der Waals surface area (Å²) in [4.78, 5) is 22.4. The van der Waals surface area contributed by atoms with Crippen LogP contribution in [0.1, 0.15) is 15.2 Å². The first kappa shape index (κ1) is 15.5. The van der Waals surface area contributed by atoms with Gasteiger partial charge < -0.3 is 5.32 Å². The third-order valence-electron chi connectivity index (χ3n) is 3.81. The molecule has 1 amide bonds. The first-order valence-electron chi connectivity index (χ1n) is 7.87. The average Bonchev–Trinajstić information content (AvgIpc) is 3.31. The number of thiophene rings is 1. The molecule has 4 heterocycles. The molecule has 0 spiro atoms. The third-order valence-corrected chi connectivity index (χ3v) is 4.75. The number of hydrogen-bond acceptors (Lipinski definition) is 5. The number of nitrogens with zero attached hydrogens (tertiary/aromatic N) is 4. The van der Waals surface area contributed by atoms with E-state index in [0.29, 0.717) is 17.8 Å². The van der Waals surface area contributed by atoms with Gasteiger partial charge in [0.25, 0.3) is 5.91 Å². The van der Waals surface area contributed by atoms with Crippen LogP contribution >= 0.6 is 11.3 Å². The number of carbonyl (C=O) groups is 1. The zero-order valence-electron chi connectivity index (χ0n) is 13.3. The smallest absolute Gasteiger partial charge is 0.256 e. The number of fused-ring (bicyclic) bond motifs is 1. The van der Waals surface area contributed by atoms with Crippen LogP contribution in [-0.4, -0.2) is 32.0 Å². The Balaban J connectivity index is 1.57. The summed E-state index contributed by atoms with van der Waals surface area (Å²) in [6, 6.07) is 11.6. The summed E-state index contributed by atoms with van der Waals surface area (Å²) in [6.45, 7) is 0.580. The number of nitrogens with one attached hydrogen (secondary N) is 1. The van der Waals surface area contributed by atoms with Crippen LogP contribution in [0.4, 0.5) is 0 Å². The van der Waals surface area contributed by atoms with Gasteiger partial charge in [-0.05, 0) is 36.1 Å². The van der Waals surface area contributed by atoms with Gasteiger partial charge in [0.15, 0.2) is 5.65 Å². The molecule has 124 valence electrons. The molecule has 0 aliphatic carbocycles. The van der Waals surface area contributed by atoms with Crippen molar-refractivity contribution in [3.05, 3.63) is 70.8 Å². The molecule has 4 aromatic rings. The molecular weight excluding hydrogens is 334 g/mol. The van der Waals surface area contributed by atoms with Crippen LogP contribution in [0.5, 0.6) is 0 Å². The van der Waals surface area contributed by atoms with Crippen molar-refractivity contribution in [3.63, 3.8) is 0 Å². The van der Waals surface area contributed by atoms with Crippen molar-refractivity contribution in [1.29, 1.82) is 0 Å². The Labute approximate surface area is 148 Å². The van der Waals surface area contributed by atoms with Crippen LogP contribution in [0.15, 0.2) is 60.4 Å². The van der Waals surface area contributed by atoms with Gasteiger partial charge in [-0.25, -0.2) is 9.50 Å². The second kappa shape index (κ2) is 6.82. The molecule has 1 N–H and O–H groups in total. The van der Waals surface area contributed by atoms with Crippen LogP contribution in [0.3, 0.4) is 0 Å². The van der Waals surface area contributed by atoms with E-state index < -0.39 is 0 Å². The highest BCUT2D eigenvalue weighted by molar-refractivity contribution is 7.09. The molecule has 7 heteroatoms. The Hall–Kier alpha value is -3.06. The average molecular weight is 349 g/mol. The van der Waals surface area contributed by atoms with Gasteiger partial charge in [-0.15, -0.1) is 11.3 Å². The fraction of sp³-hybridized carbons (Fsp3) is 0.111. The SMILES string of the molecule is O=C(NCCc1cccs1)c1cnn2c(-c3ccccn3)ccnc12. The highest BCUT2D eigenvalue weighted by Gasteiger charge is 2.16. The van der Waals surface area contributed by atoms with Crippen molar-refractivity contribution in [2.24, 2.45) is 0 Å². The lowest BCUT2D eigenvalue weighted by Crippen LogP contribution is -2.25. The minimum atomic E-state index is -0.169. The van der Waals surface area contributed by atoms with Gasteiger partial charge >= 0.3 is 0 Å². The van der Waals surface area contributed by atoms with Crippen LogP contribution < -0.4 is 5.32 Å². The first-order valence-corrected chi connectivity index (χ1v) is 8.75. The fourth-order valence-corrected chi connectivity index (χ4v) is 3.32. The van der Waals surface area contributed by atoms with E-state index in [1.165, 1.54) is 4.88 Å². The predicted octanol–water partition coefficient (Wildman–Crippen LogP) is 2.83. The van der Waals surface area contributed by atoms with E-state index >= 15 is 0 Å². The van der Waals surface area contributed by atoms with Crippen LogP contribution in [0, 0.1) is 0 Å². The largest absolute Gasteiger partial charge is 0.352 e. The van der Waals surface area contributed by atoms with Crippen LogP contribution in [-0.2, 0) is 6.42 Å². The molecule has 0 atom stereocenters. The quantitative estimate of drug-likeness (QED) is 0.601. The number of rotatable bonds is 5. The summed E-state index contributed by atoms with van der Waals surface area (Å²) in [5, 5.41) is 9.30. The van der Waals surface area contributed by atoms with Crippen molar-refractivity contribution in [2.45, 2.75) is 6.42 Å². The summed E-state index contributed by atoms with van der Waals surface area (Å²) in [5.74, 6) is -0.169. The van der Waals surface area contributed by atoms with Gasteiger partial charge in [-0.3, -0.25) is 9.78 Å². The van der Waals surface area contributed by atoms with Crippen molar-refractivity contribution in [1.82, 2.24) is 24.9 Å². The van der Waals surface area contributed by atoms with Gasteiger partial charge in [0.2, 0.25) is 0 Å². The zero-order valence-corrected chi connectivity index (χ0v) is 14.1. The number of carbonyl (C=O) groups excluding carboxylic acids is 1. The zero-order chi connectivity index (χ0) is 17.1. The maximum Gasteiger partial charge on any atom is 0.256 e. The summed E-state index contributed by atoms with van der Waals surface area (Å²) in [7, 11) is 0. The van der Waals surface area contributed by atoms with Crippen LogP contribution in [0.2, 0.25) is 0 Å². The van der Waals surface area contributed by atoms with Gasteiger partial charge in [-0.2, -0.15) is 5.10 Å². The van der Waals surface area contributed by atoms with E-state index in [1.807, 2.05) is 35.7 Å². The molecule has 0 saturated heterocycles. The van der Waals surface area contributed by atoms with Crippen molar-refractivity contribution < 1.29 is 4.79 Å². The molecule has 0 aliphatic heterocycles. The Morgan fingerprint density at radius 3 is 2.88 bits per heavy atom. The number of pyridine rings is 1. The molecule has 0 bridgehead atoms. The molecule has 4 rings (SSSR count). The first-order chi connectivity index (χ1) is 12.3. The monoisotopic (exact) mass is 349 g/mol. The van der Waals surface area contributed by atoms with Crippen LogP contribution in [0.25, 0.3) is 17.0 Å². The lowest BCUT2D eigenvalue weighted by molar-refractivity contribution is 0.0955. The lowest BCUT2D eigenvalue weighted by Gasteiger charge is -2.05. The number of aromatic nitrogens is 4. The van der Waals surface area contributed by atoms with E-state index in [4.69, 9.17) is 0 Å². The third kappa shape index (κ3) is 3.14. The number of amides is 1. The lowest BCUT2D eigenvalue weighted by atomic mass is 10.2. The molecule has 0 saturated carbocycles. The van der Waals surface area contributed by atoms with E-state index in [9.17, 15) is 4.79 Å². The Kier molecular flexibility index (Phi) is 4.22. The van der Waals surface area contributed by atoms with Crippen molar-refractivity contribution in [2.75, 3.05) is 6.54 Å². The summed E-state index contributed by atoms with van der Waals surface area (Å²) < 4.78 is 1.65. The minimum Gasteiger partial charge on any atom is -0.352 e. The molecule has 4 aromatic heterocycles. The molecule has 0 aliphatic rings. The van der Waals surface area contributed by atoms with Gasteiger partial charge in [0.05, 0.1) is 17.6 Å². The van der Waals surface area contributed by atoms with Gasteiger partial charge in [-0.1, -0.05) is 12.1 Å². The second-order valence-corrected chi connectivity index (χ2v) is 6.46. The van der Waals surface area contributed by atoms with Gasteiger partial charge in [0.1, 0.15) is 5.56 Å². The second-order valence-electron chi connectivity index (χ2n) is 5.42. The van der Waals surface area contributed by atoms with E-state index in [2.05, 4.69) is 26.4 Å². The molecule has 25 heavy (non-hydrogen) atoms. The summed E-state index contributed by atoms with van der Waals surface area (Å²) >= 11 is 1.69. The maximum atomic E-state index is 12.5. The van der Waals surface area contributed by atoms with Crippen molar-refractivity contribution in [3.8, 4) is 11.4 Å². The molecule has 0 unspecified atom stereocenters. The normalized spacial score (nSPS) is 10.9. The Bertz CT molecular complexity index is 995. The topological polar surface area (TPSA) is 72.2 Å². The fourth-order valence-electron chi connectivity index (χ4n) is 2.61. The Morgan fingerprint density at radius 1 is 1.12 bits per heavy atom. The van der Waals surface area contributed by atoms with E-state index in [1.54, 1.807) is 34.4 Å². The molecule has 6 nitrogen and oxygen atoms in total. The highest BCUT2D eigenvalue weighted by atomic mass is 32.1. The summed E-state index contributed by atoms with van der Waals surface area (Å²) in [6.07, 6.45) is 5.76. The van der Waals surface area contributed by atoms with E-state index in [-0.39, 0.29) is 5.91 Å². The molecule has 0 aromatic carbocycles. The minimum absolute atomic E-state index is 0.169. The number of hydrogen-bond donors (Lipinski definition) is 1. The maximum absolute atomic E-state index is 12.5.